The lowest BCUT2D eigenvalue weighted by atomic mass is 9.80. The van der Waals surface area contributed by atoms with E-state index in [4.69, 9.17) is 4.74 Å². The standard InChI is InChI=1S/C16H25NO2/c1-12-7-9-17(14-5-4-6-15(18)11-14)16(13(12)2)8-10-19-3/h4-6,11-13,16,18H,7-10H2,1-3H3. The van der Waals surface area contributed by atoms with E-state index in [2.05, 4.69) is 24.8 Å². The molecule has 0 aromatic heterocycles. The summed E-state index contributed by atoms with van der Waals surface area (Å²) in [6, 6.07) is 8.08. The van der Waals surface area contributed by atoms with Crippen LogP contribution in [0, 0.1) is 11.8 Å². The minimum absolute atomic E-state index is 0.342. The largest absolute Gasteiger partial charge is 0.508 e. The Morgan fingerprint density at radius 2 is 2.16 bits per heavy atom. The monoisotopic (exact) mass is 263 g/mol. The molecule has 0 aliphatic carbocycles. The zero-order valence-corrected chi connectivity index (χ0v) is 12.2. The van der Waals surface area contributed by atoms with Crippen LogP contribution in [0.4, 0.5) is 5.69 Å². The van der Waals surface area contributed by atoms with Gasteiger partial charge in [-0.25, -0.2) is 0 Å². The third-order valence-electron chi connectivity index (χ3n) is 4.51. The second kappa shape index (κ2) is 6.29. The Hall–Kier alpha value is -1.22. The summed E-state index contributed by atoms with van der Waals surface area (Å²) < 4.78 is 5.26. The van der Waals surface area contributed by atoms with E-state index in [1.165, 1.54) is 6.42 Å². The third-order valence-corrected chi connectivity index (χ3v) is 4.51. The number of nitrogens with zero attached hydrogens (tertiary/aromatic N) is 1. The van der Waals surface area contributed by atoms with Crippen molar-refractivity contribution in [3.63, 3.8) is 0 Å². The summed E-state index contributed by atoms with van der Waals surface area (Å²) in [6.45, 7) is 6.52. The summed E-state index contributed by atoms with van der Waals surface area (Å²) in [6.07, 6.45) is 2.25. The van der Waals surface area contributed by atoms with Crippen molar-refractivity contribution in [3.05, 3.63) is 24.3 Å². The van der Waals surface area contributed by atoms with Gasteiger partial charge in [0.1, 0.15) is 5.75 Å². The fourth-order valence-corrected chi connectivity index (χ4v) is 3.08. The lowest BCUT2D eigenvalue weighted by Crippen LogP contribution is -2.48. The number of benzene rings is 1. The highest BCUT2D eigenvalue weighted by molar-refractivity contribution is 5.51. The van der Waals surface area contributed by atoms with E-state index in [0.29, 0.717) is 17.7 Å². The van der Waals surface area contributed by atoms with Crippen molar-refractivity contribution < 1.29 is 9.84 Å². The summed E-state index contributed by atoms with van der Waals surface area (Å²) in [5.41, 5.74) is 1.12. The molecular weight excluding hydrogens is 238 g/mol. The van der Waals surface area contributed by atoms with Crippen LogP contribution in [0.1, 0.15) is 26.7 Å². The second-order valence-corrected chi connectivity index (χ2v) is 5.69. The Morgan fingerprint density at radius 3 is 2.84 bits per heavy atom. The maximum Gasteiger partial charge on any atom is 0.117 e. The van der Waals surface area contributed by atoms with Crippen molar-refractivity contribution in [1.29, 1.82) is 0 Å². The van der Waals surface area contributed by atoms with Crippen LogP contribution in [0.3, 0.4) is 0 Å². The molecule has 1 N–H and O–H groups in total. The minimum atomic E-state index is 0.342. The van der Waals surface area contributed by atoms with Gasteiger partial charge in [0.25, 0.3) is 0 Å². The van der Waals surface area contributed by atoms with Crippen molar-refractivity contribution in [2.75, 3.05) is 25.2 Å². The SMILES string of the molecule is COCCC1C(C)C(C)CCN1c1cccc(O)c1. The molecule has 3 heteroatoms. The number of aromatic hydroxyl groups is 1. The summed E-state index contributed by atoms with van der Waals surface area (Å²) in [4.78, 5) is 2.43. The average molecular weight is 263 g/mol. The Kier molecular flexibility index (Phi) is 4.70. The van der Waals surface area contributed by atoms with Crippen LogP contribution in [0.15, 0.2) is 24.3 Å². The molecule has 1 aliphatic rings. The van der Waals surface area contributed by atoms with Crippen molar-refractivity contribution in [3.8, 4) is 5.75 Å². The molecule has 1 aliphatic heterocycles. The molecule has 1 aromatic carbocycles. The highest BCUT2D eigenvalue weighted by atomic mass is 16.5. The van der Waals surface area contributed by atoms with Gasteiger partial charge >= 0.3 is 0 Å². The average Bonchev–Trinajstić information content (AvgIpc) is 2.40. The molecule has 1 aromatic rings. The number of phenols is 1. The summed E-state index contributed by atoms with van der Waals surface area (Å²) in [5, 5.41) is 9.67. The van der Waals surface area contributed by atoms with Crippen LogP contribution in [-0.4, -0.2) is 31.4 Å². The molecular formula is C16H25NO2. The number of methoxy groups -OCH3 is 1. The molecule has 0 spiro atoms. The molecule has 0 bridgehead atoms. The van der Waals surface area contributed by atoms with Crippen molar-refractivity contribution in [1.82, 2.24) is 0 Å². The fraction of sp³-hybridized carbons (Fsp3) is 0.625. The van der Waals surface area contributed by atoms with E-state index in [9.17, 15) is 5.11 Å². The first kappa shape index (κ1) is 14.2. The number of phenolic OH excluding ortho intramolecular Hbond substituents is 1. The highest BCUT2D eigenvalue weighted by Crippen LogP contribution is 2.34. The van der Waals surface area contributed by atoms with Gasteiger partial charge in [-0.3, -0.25) is 0 Å². The number of anilines is 1. The van der Waals surface area contributed by atoms with Crippen LogP contribution < -0.4 is 4.90 Å². The molecule has 0 saturated carbocycles. The summed E-state index contributed by atoms with van der Waals surface area (Å²) in [5.74, 6) is 1.73. The van der Waals surface area contributed by atoms with Gasteiger partial charge < -0.3 is 14.7 Å². The van der Waals surface area contributed by atoms with Gasteiger partial charge in [-0.2, -0.15) is 0 Å². The van der Waals surface area contributed by atoms with Gasteiger partial charge in [0.05, 0.1) is 0 Å². The van der Waals surface area contributed by atoms with Crippen LogP contribution in [0.5, 0.6) is 5.75 Å². The Balaban J connectivity index is 2.20. The number of hydrogen-bond acceptors (Lipinski definition) is 3. The first-order valence-corrected chi connectivity index (χ1v) is 7.18. The maximum atomic E-state index is 9.67. The lowest BCUT2D eigenvalue weighted by Gasteiger charge is -2.45. The molecule has 3 unspecified atom stereocenters. The number of ether oxygens (including phenoxy) is 1. The Labute approximate surface area is 116 Å². The zero-order chi connectivity index (χ0) is 13.8. The minimum Gasteiger partial charge on any atom is -0.508 e. The van der Waals surface area contributed by atoms with Crippen LogP contribution >= 0.6 is 0 Å². The lowest BCUT2D eigenvalue weighted by molar-refractivity contribution is 0.158. The highest BCUT2D eigenvalue weighted by Gasteiger charge is 2.32. The molecule has 106 valence electrons. The smallest absolute Gasteiger partial charge is 0.117 e. The van der Waals surface area contributed by atoms with Crippen LogP contribution in [0.2, 0.25) is 0 Å². The van der Waals surface area contributed by atoms with Crippen molar-refractivity contribution in [2.24, 2.45) is 11.8 Å². The van der Waals surface area contributed by atoms with Crippen molar-refractivity contribution in [2.45, 2.75) is 32.7 Å². The summed E-state index contributed by atoms with van der Waals surface area (Å²) in [7, 11) is 1.76. The van der Waals surface area contributed by atoms with E-state index < -0.39 is 0 Å². The van der Waals surface area contributed by atoms with Gasteiger partial charge in [0.2, 0.25) is 0 Å². The van der Waals surface area contributed by atoms with E-state index >= 15 is 0 Å². The molecule has 3 atom stereocenters. The molecule has 2 rings (SSSR count). The van der Waals surface area contributed by atoms with Gasteiger partial charge in [-0.15, -0.1) is 0 Å². The maximum absolute atomic E-state index is 9.67. The van der Waals surface area contributed by atoms with Crippen molar-refractivity contribution >= 4 is 5.69 Å². The van der Waals surface area contributed by atoms with Gasteiger partial charge in [-0.05, 0) is 36.8 Å². The van der Waals surface area contributed by atoms with E-state index in [-0.39, 0.29) is 0 Å². The first-order valence-electron chi connectivity index (χ1n) is 7.18. The molecule has 0 amide bonds. The molecule has 19 heavy (non-hydrogen) atoms. The third kappa shape index (κ3) is 3.21. The quantitative estimate of drug-likeness (QED) is 0.905. The normalized spacial score (nSPS) is 27.5. The Bertz CT molecular complexity index is 407. The van der Waals surface area contributed by atoms with Gasteiger partial charge in [0, 0.05) is 38.1 Å². The fourth-order valence-electron chi connectivity index (χ4n) is 3.08. The number of hydrogen-bond donors (Lipinski definition) is 1. The topological polar surface area (TPSA) is 32.7 Å². The predicted molar refractivity (Wildman–Crippen MR) is 78.7 cm³/mol. The molecule has 1 saturated heterocycles. The van der Waals surface area contributed by atoms with Crippen LogP contribution in [0.25, 0.3) is 0 Å². The zero-order valence-electron chi connectivity index (χ0n) is 12.2. The molecule has 1 fully saturated rings. The summed E-state index contributed by atoms with van der Waals surface area (Å²) >= 11 is 0. The van der Waals surface area contributed by atoms with E-state index in [1.54, 1.807) is 13.2 Å². The van der Waals surface area contributed by atoms with E-state index in [1.807, 2.05) is 12.1 Å². The predicted octanol–water partition coefficient (Wildman–Crippen LogP) is 3.28. The first-order chi connectivity index (χ1) is 9.13. The number of rotatable bonds is 4. The van der Waals surface area contributed by atoms with Gasteiger partial charge in [-0.1, -0.05) is 19.9 Å². The molecule has 1 heterocycles. The second-order valence-electron chi connectivity index (χ2n) is 5.69. The number of piperidine rings is 1. The van der Waals surface area contributed by atoms with Gasteiger partial charge in [0.15, 0.2) is 0 Å². The van der Waals surface area contributed by atoms with Crippen LogP contribution in [-0.2, 0) is 4.74 Å². The Morgan fingerprint density at radius 1 is 1.37 bits per heavy atom. The van der Waals surface area contributed by atoms with E-state index in [0.717, 1.165) is 31.2 Å². The molecule has 3 nitrogen and oxygen atoms in total. The molecule has 0 radical (unpaired) electrons.